The largest absolute Gasteiger partial charge is 0.463 e. The molecule has 8 nitrogen and oxygen atoms in total. The molecule has 1 saturated carbocycles. The van der Waals surface area contributed by atoms with E-state index in [1.165, 1.54) is 0 Å². The standard InChI is InChI=1S/C19H18N2O6/c22-6-7-1-4-12(27-7)14-8-2-3-9-13(18(25)20-16(9)23)10(8)5-11-15(14)19(26)21-17(11)24/h1-2,4,9-11,13-15,22H,3,5-6H2,(H,20,23,25)(H,21,24,26)/t9-,10+,11+,13-,14+,15+/m0/s1. The fourth-order valence-corrected chi connectivity index (χ4v) is 5.37. The molecule has 5 rings (SSSR count). The van der Waals surface area contributed by atoms with Crippen molar-refractivity contribution >= 4 is 23.6 Å². The molecule has 2 aliphatic heterocycles. The number of furan rings is 1. The summed E-state index contributed by atoms with van der Waals surface area (Å²) in [5, 5.41) is 14.1. The van der Waals surface area contributed by atoms with E-state index in [9.17, 15) is 24.3 Å². The molecule has 3 N–H and O–H groups in total. The molecule has 2 saturated heterocycles. The van der Waals surface area contributed by atoms with Gasteiger partial charge in [-0.1, -0.05) is 11.6 Å². The average Bonchev–Trinajstić information content (AvgIpc) is 3.31. The Labute approximate surface area is 154 Å². The third kappa shape index (κ3) is 2.19. The Kier molecular flexibility index (Phi) is 3.42. The lowest BCUT2D eigenvalue weighted by atomic mass is 9.58. The van der Waals surface area contributed by atoms with Crippen LogP contribution < -0.4 is 10.6 Å². The Morgan fingerprint density at radius 2 is 1.63 bits per heavy atom. The van der Waals surface area contributed by atoms with Crippen molar-refractivity contribution < 1.29 is 28.7 Å². The fraction of sp³-hybridized carbons (Fsp3) is 0.474. The number of aliphatic hydroxyl groups excluding tert-OH is 1. The SMILES string of the molecule is O=C1NC(=O)[C@H]2CC=C3[C@@H](C[C@H]4C(=O)NC(=O)[C@H]4[C@H]3c3ccc(CO)o3)[C@@H]12. The molecule has 3 fully saturated rings. The van der Waals surface area contributed by atoms with Crippen molar-refractivity contribution in [3.63, 3.8) is 0 Å². The minimum atomic E-state index is -0.602. The van der Waals surface area contributed by atoms with Crippen molar-refractivity contribution in [1.82, 2.24) is 10.6 Å². The first-order chi connectivity index (χ1) is 13.0. The molecule has 27 heavy (non-hydrogen) atoms. The summed E-state index contributed by atoms with van der Waals surface area (Å²) < 4.78 is 5.72. The van der Waals surface area contributed by atoms with E-state index in [0.29, 0.717) is 24.4 Å². The third-order valence-corrected chi connectivity index (χ3v) is 6.48. The molecule has 0 spiro atoms. The molecule has 1 aromatic heterocycles. The first-order valence-electron chi connectivity index (χ1n) is 9.08. The molecule has 1 aromatic rings. The molecule has 8 heteroatoms. The minimum absolute atomic E-state index is 0.268. The summed E-state index contributed by atoms with van der Waals surface area (Å²) in [6.07, 6.45) is 2.72. The van der Waals surface area contributed by atoms with Gasteiger partial charge < -0.3 is 9.52 Å². The van der Waals surface area contributed by atoms with Crippen molar-refractivity contribution in [2.45, 2.75) is 25.4 Å². The van der Waals surface area contributed by atoms with Crippen LogP contribution in [0.15, 0.2) is 28.2 Å². The number of carbonyl (C=O) groups excluding carboxylic acids is 4. The summed E-state index contributed by atoms with van der Waals surface area (Å²) in [5.41, 5.74) is 0.881. The summed E-state index contributed by atoms with van der Waals surface area (Å²) in [6.45, 7) is -0.268. The lowest BCUT2D eigenvalue weighted by Gasteiger charge is -2.43. The summed E-state index contributed by atoms with van der Waals surface area (Å²) in [5.74, 6) is -3.26. The quantitative estimate of drug-likeness (QED) is 0.496. The van der Waals surface area contributed by atoms with Crippen LogP contribution in [0.1, 0.15) is 30.3 Å². The van der Waals surface area contributed by atoms with Crippen LogP contribution in [0.25, 0.3) is 0 Å². The predicted molar refractivity (Wildman–Crippen MR) is 88.4 cm³/mol. The molecule has 6 atom stereocenters. The maximum absolute atomic E-state index is 12.5. The van der Waals surface area contributed by atoms with Crippen molar-refractivity contribution in [1.29, 1.82) is 0 Å². The van der Waals surface area contributed by atoms with E-state index in [2.05, 4.69) is 10.6 Å². The number of aliphatic hydroxyl groups is 1. The van der Waals surface area contributed by atoms with Crippen LogP contribution in [0.4, 0.5) is 0 Å². The highest BCUT2D eigenvalue weighted by molar-refractivity contribution is 6.07. The average molecular weight is 370 g/mol. The van der Waals surface area contributed by atoms with Crippen LogP contribution in [-0.4, -0.2) is 28.7 Å². The molecule has 2 aliphatic carbocycles. The lowest BCUT2D eigenvalue weighted by molar-refractivity contribution is -0.128. The molecule has 4 amide bonds. The number of nitrogens with one attached hydrogen (secondary N) is 2. The molecular formula is C19H18N2O6. The van der Waals surface area contributed by atoms with Crippen molar-refractivity contribution in [2.24, 2.45) is 29.6 Å². The molecule has 140 valence electrons. The van der Waals surface area contributed by atoms with Gasteiger partial charge in [0.1, 0.15) is 18.1 Å². The van der Waals surface area contributed by atoms with Crippen LogP contribution >= 0.6 is 0 Å². The van der Waals surface area contributed by atoms with Crippen LogP contribution in [0.3, 0.4) is 0 Å². The highest BCUT2D eigenvalue weighted by atomic mass is 16.4. The number of allylic oxidation sites excluding steroid dienone is 2. The normalized spacial score (nSPS) is 37.3. The van der Waals surface area contributed by atoms with E-state index in [4.69, 9.17) is 4.42 Å². The zero-order valence-electron chi connectivity index (χ0n) is 14.3. The summed E-state index contributed by atoms with van der Waals surface area (Å²) in [6, 6.07) is 3.35. The van der Waals surface area contributed by atoms with Gasteiger partial charge >= 0.3 is 0 Å². The number of hydrogen-bond donors (Lipinski definition) is 3. The summed E-state index contributed by atoms with van der Waals surface area (Å²) in [4.78, 5) is 49.4. The number of hydrogen-bond acceptors (Lipinski definition) is 6. The first kappa shape index (κ1) is 16.4. The Morgan fingerprint density at radius 1 is 0.926 bits per heavy atom. The van der Waals surface area contributed by atoms with Gasteiger partial charge in [-0.25, -0.2) is 0 Å². The molecule has 4 aliphatic rings. The zero-order chi connectivity index (χ0) is 18.9. The molecule has 0 bridgehead atoms. The van der Waals surface area contributed by atoms with Crippen LogP contribution in [0, 0.1) is 29.6 Å². The first-order valence-corrected chi connectivity index (χ1v) is 9.08. The number of imide groups is 2. The monoisotopic (exact) mass is 370 g/mol. The van der Waals surface area contributed by atoms with Gasteiger partial charge in [0.05, 0.1) is 29.6 Å². The van der Waals surface area contributed by atoms with Crippen LogP contribution in [0.2, 0.25) is 0 Å². The zero-order valence-corrected chi connectivity index (χ0v) is 14.3. The molecule has 0 unspecified atom stereocenters. The van der Waals surface area contributed by atoms with E-state index in [1.807, 2.05) is 6.08 Å². The van der Waals surface area contributed by atoms with Crippen LogP contribution in [-0.2, 0) is 25.8 Å². The van der Waals surface area contributed by atoms with E-state index >= 15 is 0 Å². The maximum Gasteiger partial charge on any atom is 0.231 e. The topological polar surface area (TPSA) is 126 Å². The second-order valence-electron chi connectivity index (χ2n) is 7.69. The van der Waals surface area contributed by atoms with Gasteiger partial charge in [0.2, 0.25) is 23.6 Å². The molecule has 0 aromatic carbocycles. The second kappa shape index (κ2) is 5.63. The van der Waals surface area contributed by atoms with Crippen molar-refractivity contribution in [3.8, 4) is 0 Å². The van der Waals surface area contributed by atoms with Gasteiger partial charge in [0.15, 0.2) is 0 Å². The molecule has 0 radical (unpaired) electrons. The van der Waals surface area contributed by atoms with Gasteiger partial charge in [-0.3, -0.25) is 29.8 Å². The van der Waals surface area contributed by atoms with Gasteiger partial charge in [-0.05, 0) is 30.9 Å². The number of carbonyl (C=O) groups is 4. The third-order valence-electron chi connectivity index (χ3n) is 6.48. The van der Waals surface area contributed by atoms with Gasteiger partial charge in [0.25, 0.3) is 0 Å². The Morgan fingerprint density at radius 3 is 2.33 bits per heavy atom. The fourth-order valence-electron chi connectivity index (χ4n) is 5.37. The molecule has 3 heterocycles. The van der Waals surface area contributed by atoms with Crippen LogP contribution in [0.5, 0.6) is 0 Å². The maximum atomic E-state index is 12.5. The number of rotatable bonds is 2. The van der Waals surface area contributed by atoms with E-state index in [1.54, 1.807) is 12.1 Å². The Balaban J connectivity index is 1.63. The smallest absolute Gasteiger partial charge is 0.231 e. The predicted octanol–water partition coefficient (Wildman–Crippen LogP) is -0.0169. The van der Waals surface area contributed by atoms with E-state index in [-0.39, 0.29) is 36.2 Å². The summed E-state index contributed by atoms with van der Waals surface area (Å²) >= 11 is 0. The van der Waals surface area contributed by atoms with Crippen molar-refractivity contribution in [2.75, 3.05) is 0 Å². The molecular weight excluding hydrogens is 352 g/mol. The number of amides is 4. The summed E-state index contributed by atoms with van der Waals surface area (Å²) in [7, 11) is 0. The van der Waals surface area contributed by atoms with Gasteiger partial charge in [-0.2, -0.15) is 0 Å². The Hall–Kier alpha value is -2.74. The van der Waals surface area contributed by atoms with E-state index in [0.717, 1.165) is 5.57 Å². The minimum Gasteiger partial charge on any atom is -0.463 e. The second-order valence-corrected chi connectivity index (χ2v) is 7.69. The van der Waals surface area contributed by atoms with Crippen molar-refractivity contribution in [3.05, 3.63) is 35.3 Å². The highest BCUT2D eigenvalue weighted by Crippen LogP contribution is 2.56. The Bertz CT molecular complexity index is 915. The van der Waals surface area contributed by atoms with Gasteiger partial charge in [-0.15, -0.1) is 0 Å². The lowest BCUT2D eigenvalue weighted by Crippen LogP contribution is -2.42. The van der Waals surface area contributed by atoms with Gasteiger partial charge in [0, 0.05) is 0 Å². The van der Waals surface area contributed by atoms with E-state index < -0.39 is 29.6 Å². The highest BCUT2D eigenvalue weighted by Gasteiger charge is 2.59. The number of fused-ring (bicyclic) bond motifs is 4.